The van der Waals surface area contributed by atoms with E-state index in [0.717, 1.165) is 42.5 Å². The average Bonchev–Trinajstić information content (AvgIpc) is 2.59. The molecule has 110 valence electrons. The third-order valence-electron chi connectivity index (χ3n) is 3.77. The van der Waals surface area contributed by atoms with Crippen molar-refractivity contribution in [3.63, 3.8) is 0 Å². The van der Waals surface area contributed by atoms with Gasteiger partial charge in [-0.15, -0.1) is 0 Å². The monoisotopic (exact) mass is 341 g/mol. The van der Waals surface area contributed by atoms with Crippen LogP contribution in [0, 0.1) is 0 Å². The molecule has 0 saturated carbocycles. The van der Waals surface area contributed by atoms with Gasteiger partial charge in [-0.2, -0.15) is 0 Å². The molecule has 1 aromatic rings. The number of amidine groups is 1. The second-order valence-electron chi connectivity index (χ2n) is 5.49. The van der Waals surface area contributed by atoms with Crippen molar-refractivity contribution >= 4 is 27.5 Å². The first-order chi connectivity index (χ1) is 9.43. The summed E-state index contributed by atoms with van der Waals surface area (Å²) in [6.07, 6.45) is 2.55. The highest BCUT2D eigenvalue weighted by atomic mass is 79.9. The minimum Gasteiger partial charge on any atom is -0.409 e. The Morgan fingerprint density at radius 3 is 2.80 bits per heavy atom. The number of hydrogen-bond acceptors (Lipinski definition) is 4. The van der Waals surface area contributed by atoms with E-state index < -0.39 is 5.60 Å². The van der Waals surface area contributed by atoms with Gasteiger partial charge in [-0.3, -0.25) is 0 Å². The molecule has 0 radical (unpaired) electrons. The number of hydrogen-bond donors (Lipinski definition) is 3. The molecule has 1 aliphatic heterocycles. The summed E-state index contributed by atoms with van der Waals surface area (Å²) in [6.45, 7) is 3.64. The van der Waals surface area contributed by atoms with Gasteiger partial charge < -0.3 is 20.9 Å². The van der Waals surface area contributed by atoms with Crippen LogP contribution < -0.4 is 10.6 Å². The van der Waals surface area contributed by atoms with E-state index >= 15 is 0 Å². The van der Waals surface area contributed by atoms with E-state index in [-0.39, 0.29) is 5.84 Å². The molecule has 1 aliphatic rings. The van der Waals surface area contributed by atoms with Gasteiger partial charge in [0.25, 0.3) is 0 Å². The van der Waals surface area contributed by atoms with Crippen molar-refractivity contribution in [2.75, 3.05) is 18.0 Å². The lowest BCUT2D eigenvalue weighted by Gasteiger charge is -2.24. The van der Waals surface area contributed by atoms with Crippen molar-refractivity contribution < 1.29 is 10.3 Å². The fraction of sp³-hybridized carbons (Fsp3) is 0.500. The van der Waals surface area contributed by atoms with Crippen LogP contribution in [0.1, 0.15) is 31.7 Å². The molecule has 4 N–H and O–H groups in total. The van der Waals surface area contributed by atoms with Crippen LogP contribution in [0.5, 0.6) is 0 Å². The summed E-state index contributed by atoms with van der Waals surface area (Å²) < 4.78 is 0.793. The van der Waals surface area contributed by atoms with Gasteiger partial charge in [0, 0.05) is 28.8 Å². The quantitative estimate of drug-likeness (QED) is 0.333. The number of nitrogens with zero attached hydrogens (tertiary/aromatic N) is 2. The van der Waals surface area contributed by atoms with Gasteiger partial charge in [-0.25, -0.2) is 0 Å². The van der Waals surface area contributed by atoms with Crippen LogP contribution in [0.15, 0.2) is 27.8 Å². The Morgan fingerprint density at radius 2 is 2.15 bits per heavy atom. The second kappa shape index (κ2) is 6.01. The highest BCUT2D eigenvalue weighted by molar-refractivity contribution is 9.10. The number of nitrogens with two attached hydrogens (primary N) is 1. The third kappa shape index (κ3) is 3.43. The van der Waals surface area contributed by atoms with Crippen LogP contribution in [0.25, 0.3) is 0 Å². The van der Waals surface area contributed by atoms with Crippen molar-refractivity contribution in [2.24, 2.45) is 10.9 Å². The Morgan fingerprint density at radius 1 is 1.40 bits per heavy atom. The average molecular weight is 342 g/mol. The fourth-order valence-electron chi connectivity index (χ4n) is 2.48. The molecule has 1 atom stereocenters. The van der Waals surface area contributed by atoms with E-state index in [4.69, 9.17) is 10.9 Å². The Balaban J connectivity index is 2.19. The van der Waals surface area contributed by atoms with E-state index in [0.29, 0.717) is 5.56 Å². The van der Waals surface area contributed by atoms with Gasteiger partial charge in [-0.05, 0) is 60.3 Å². The van der Waals surface area contributed by atoms with Gasteiger partial charge in [0.05, 0.1) is 5.60 Å². The van der Waals surface area contributed by atoms with E-state index in [1.807, 2.05) is 25.1 Å². The molecular weight excluding hydrogens is 322 g/mol. The summed E-state index contributed by atoms with van der Waals surface area (Å²) in [5, 5.41) is 21.9. The first-order valence-corrected chi connectivity index (χ1v) is 7.47. The van der Waals surface area contributed by atoms with Crippen LogP contribution in [0.4, 0.5) is 5.69 Å². The zero-order chi connectivity index (χ0) is 14.8. The number of benzene rings is 1. The van der Waals surface area contributed by atoms with E-state index in [2.05, 4.69) is 26.0 Å². The molecule has 1 aromatic carbocycles. The summed E-state index contributed by atoms with van der Waals surface area (Å²) in [4.78, 5) is 2.25. The first-order valence-electron chi connectivity index (χ1n) is 6.68. The minimum atomic E-state index is -0.570. The maximum atomic E-state index is 10.1. The van der Waals surface area contributed by atoms with Crippen LogP contribution in [0.2, 0.25) is 0 Å². The third-order valence-corrected chi connectivity index (χ3v) is 4.42. The number of aliphatic hydroxyl groups is 1. The summed E-state index contributed by atoms with van der Waals surface area (Å²) in [5.41, 5.74) is 6.78. The molecule has 1 unspecified atom stereocenters. The normalized spacial score (nSPS) is 24.6. The van der Waals surface area contributed by atoms with Crippen LogP contribution >= 0.6 is 15.9 Å². The van der Waals surface area contributed by atoms with Gasteiger partial charge in [-0.1, -0.05) is 5.16 Å². The lowest BCUT2D eigenvalue weighted by Crippen LogP contribution is -2.28. The second-order valence-corrected chi connectivity index (χ2v) is 6.34. The van der Waals surface area contributed by atoms with E-state index in [1.54, 1.807) is 0 Å². The number of oxime groups is 1. The lowest BCUT2D eigenvalue weighted by atomic mass is 9.98. The lowest BCUT2D eigenvalue weighted by molar-refractivity contribution is 0.0481. The standard InChI is InChI=1S/C14H20BrN3O2/c1-14(19)5-2-7-18(8-6-14)10-3-4-11(12(15)9-10)13(16)17-20/h3-4,9,19-20H,2,5-8H2,1H3,(H2,16,17). The predicted octanol–water partition coefficient (Wildman–Crippen LogP) is 2.28. The minimum absolute atomic E-state index is 0.0854. The van der Waals surface area contributed by atoms with Crippen molar-refractivity contribution in [3.8, 4) is 0 Å². The highest BCUT2D eigenvalue weighted by Gasteiger charge is 2.25. The van der Waals surface area contributed by atoms with Crippen LogP contribution in [0.3, 0.4) is 0 Å². The smallest absolute Gasteiger partial charge is 0.171 e. The fourth-order valence-corrected chi connectivity index (χ4v) is 3.05. The van der Waals surface area contributed by atoms with Crippen molar-refractivity contribution in [1.82, 2.24) is 0 Å². The Labute approximate surface area is 127 Å². The molecule has 0 amide bonds. The van der Waals surface area contributed by atoms with Gasteiger partial charge >= 0.3 is 0 Å². The maximum Gasteiger partial charge on any atom is 0.171 e. The van der Waals surface area contributed by atoms with Crippen LogP contribution in [-0.4, -0.2) is 34.8 Å². The maximum absolute atomic E-state index is 10.1. The molecule has 2 rings (SSSR count). The molecule has 6 heteroatoms. The number of halogens is 1. The molecule has 1 saturated heterocycles. The topological polar surface area (TPSA) is 82.1 Å². The zero-order valence-corrected chi connectivity index (χ0v) is 13.1. The summed E-state index contributed by atoms with van der Waals surface area (Å²) in [7, 11) is 0. The molecule has 20 heavy (non-hydrogen) atoms. The predicted molar refractivity (Wildman–Crippen MR) is 83.3 cm³/mol. The van der Waals surface area contributed by atoms with E-state index in [9.17, 15) is 5.11 Å². The molecule has 0 aliphatic carbocycles. The van der Waals surface area contributed by atoms with E-state index in [1.165, 1.54) is 0 Å². The van der Waals surface area contributed by atoms with Crippen molar-refractivity contribution in [3.05, 3.63) is 28.2 Å². The molecule has 1 heterocycles. The number of rotatable bonds is 2. The van der Waals surface area contributed by atoms with Gasteiger partial charge in [0.15, 0.2) is 5.84 Å². The molecule has 0 aromatic heterocycles. The van der Waals surface area contributed by atoms with Gasteiger partial charge in [0.1, 0.15) is 0 Å². The largest absolute Gasteiger partial charge is 0.409 e. The first kappa shape index (κ1) is 15.1. The van der Waals surface area contributed by atoms with Crippen molar-refractivity contribution in [1.29, 1.82) is 0 Å². The molecular formula is C14H20BrN3O2. The van der Waals surface area contributed by atoms with Crippen LogP contribution in [-0.2, 0) is 0 Å². The summed E-state index contributed by atoms with van der Waals surface area (Å²) in [6, 6.07) is 5.75. The molecule has 1 fully saturated rings. The van der Waals surface area contributed by atoms with Crippen molar-refractivity contribution in [2.45, 2.75) is 31.8 Å². The number of anilines is 1. The molecule has 5 nitrogen and oxygen atoms in total. The Bertz CT molecular complexity index is 517. The summed E-state index contributed by atoms with van der Waals surface area (Å²) in [5.74, 6) is 0.0854. The highest BCUT2D eigenvalue weighted by Crippen LogP contribution is 2.28. The molecule has 0 bridgehead atoms. The Kier molecular flexibility index (Phi) is 4.55. The molecule has 0 spiro atoms. The zero-order valence-electron chi connectivity index (χ0n) is 11.5. The van der Waals surface area contributed by atoms with Gasteiger partial charge in [0.2, 0.25) is 0 Å². The Hall–Kier alpha value is -1.27. The summed E-state index contributed by atoms with van der Waals surface area (Å²) >= 11 is 3.45. The SMILES string of the molecule is CC1(O)CCCN(c2ccc(/C(N)=N/O)c(Br)c2)CC1.